The first-order valence-corrected chi connectivity index (χ1v) is 6.85. The van der Waals surface area contributed by atoms with Gasteiger partial charge in [0.1, 0.15) is 0 Å². The van der Waals surface area contributed by atoms with Crippen LogP contribution in [-0.4, -0.2) is 17.2 Å². The van der Waals surface area contributed by atoms with Crippen molar-refractivity contribution < 1.29 is 10.6 Å². The molecule has 16 heavy (non-hydrogen) atoms. The maximum atomic E-state index is 7.57. The van der Waals surface area contributed by atoms with Crippen molar-refractivity contribution in [2.24, 2.45) is 0 Å². The summed E-state index contributed by atoms with van der Waals surface area (Å²) in [5, 5.41) is 7.57. The summed E-state index contributed by atoms with van der Waals surface area (Å²) >= 11 is 0. The van der Waals surface area contributed by atoms with E-state index in [-0.39, 0.29) is 12.1 Å². The molecule has 3 N–H and O–H groups in total. The number of hydrogen-bond acceptors (Lipinski definition) is 1. The van der Waals surface area contributed by atoms with Crippen molar-refractivity contribution in [3.05, 3.63) is 0 Å². The van der Waals surface area contributed by atoms with Crippen LogP contribution in [0.1, 0.15) is 86.0 Å². The van der Waals surface area contributed by atoms with Gasteiger partial charge in [0.25, 0.3) is 0 Å². The second kappa shape index (κ2) is 36.3. The Hall–Kier alpha value is -0.0800. The van der Waals surface area contributed by atoms with Gasteiger partial charge < -0.3 is 10.6 Å². The lowest BCUT2D eigenvalue weighted by molar-refractivity contribution is 0.318. The zero-order chi connectivity index (χ0) is 12.4. The quantitative estimate of drug-likeness (QED) is 0.685. The van der Waals surface area contributed by atoms with Crippen LogP contribution in [0, 0.1) is 0 Å². The summed E-state index contributed by atoms with van der Waals surface area (Å²) < 4.78 is 0. The van der Waals surface area contributed by atoms with Crippen LogP contribution in [0.3, 0.4) is 0 Å². The van der Waals surface area contributed by atoms with E-state index in [9.17, 15) is 0 Å². The van der Waals surface area contributed by atoms with Gasteiger partial charge in [-0.2, -0.15) is 0 Å². The molecule has 104 valence electrons. The van der Waals surface area contributed by atoms with Crippen molar-refractivity contribution in [1.29, 1.82) is 0 Å². The average molecular weight is 236 g/mol. The third kappa shape index (κ3) is 66.3. The fraction of sp³-hybridized carbons (Fsp3) is 1.00. The minimum Gasteiger partial charge on any atom is -0.412 e. The van der Waals surface area contributed by atoms with E-state index in [1.807, 2.05) is 0 Å². The summed E-state index contributed by atoms with van der Waals surface area (Å²) in [4.78, 5) is 0. The summed E-state index contributed by atoms with van der Waals surface area (Å²) in [6.45, 7) is 10.9. The highest BCUT2D eigenvalue weighted by molar-refractivity contribution is 4.31. The van der Waals surface area contributed by atoms with Crippen LogP contribution in [0.2, 0.25) is 0 Å². The van der Waals surface area contributed by atoms with Crippen molar-refractivity contribution in [1.82, 2.24) is 0 Å². The van der Waals surface area contributed by atoms with Gasteiger partial charge >= 0.3 is 0 Å². The minimum atomic E-state index is 0. The van der Waals surface area contributed by atoms with E-state index in [4.69, 9.17) is 5.11 Å². The Kier molecular flexibility index (Phi) is 56.6. The van der Waals surface area contributed by atoms with Crippen molar-refractivity contribution in [3.63, 3.8) is 0 Å². The van der Waals surface area contributed by atoms with Gasteiger partial charge in [-0.1, -0.05) is 79.1 Å². The molecule has 0 spiro atoms. The molecule has 0 bridgehead atoms. The number of aliphatic hydroxyl groups is 1. The molecule has 0 radical (unpaired) electrons. The molecule has 0 heterocycles. The second-order valence-corrected chi connectivity index (χ2v) is 3.73. The molecule has 0 aromatic heterocycles. The molecule has 0 saturated carbocycles. The van der Waals surface area contributed by atoms with Gasteiger partial charge in [-0.25, -0.2) is 0 Å². The molecule has 0 amide bonds. The monoisotopic (exact) mass is 236 g/mol. The van der Waals surface area contributed by atoms with E-state index < -0.39 is 0 Å². The molecule has 2 heteroatoms. The molecule has 0 atom stereocenters. The Morgan fingerprint density at radius 3 is 0.750 bits per heavy atom. The van der Waals surface area contributed by atoms with Crippen molar-refractivity contribution in [3.8, 4) is 0 Å². The average Bonchev–Trinajstić information content (AvgIpc) is 2.25. The van der Waals surface area contributed by atoms with E-state index >= 15 is 0 Å². The van der Waals surface area contributed by atoms with E-state index in [0.717, 1.165) is 0 Å². The van der Waals surface area contributed by atoms with E-state index in [1.54, 1.807) is 6.92 Å². The van der Waals surface area contributed by atoms with Crippen molar-refractivity contribution in [2.45, 2.75) is 86.0 Å². The zero-order valence-corrected chi connectivity index (χ0v) is 12.3. The number of hydrogen-bond donors (Lipinski definition) is 1. The fourth-order valence-corrected chi connectivity index (χ4v) is 1.000. The third-order valence-corrected chi connectivity index (χ3v) is 1.91. The first-order chi connectivity index (χ1) is 7.24. The molecule has 0 fully saturated rings. The molecular weight excluding hydrogens is 200 g/mol. The molecule has 0 aliphatic carbocycles. The Balaban J connectivity index is -0.0000000692. The molecule has 0 aliphatic rings. The highest BCUT2D eigenvalue weighted by atomic mass is 16.2. The number of aliphatic hydroxyl groups excluding tert-OH is 1. The summed E-state index contributed by atoms with van der Waals surface area (Å²) in [5.74, 6) is 0. The molecular formula is C14H36O2. The highest BCUT2D eigenvalue weighted by Gasteiger charge is 1.75. The molecule has 0 aromatic carbocycles. The van der Waals surface area contributed by atoms with Gasteiger partial charge in [0.2, 0.25) is 0 Å². The van der Waals surface area contributed by atoms with Crippen LogP contribution in [0.15, 0.2) is 0 Å². The SMILES string of the molecule is CCCCCC.CCCCCC.CCO.O. The molecule has 0 aromatic rings. The smallest absolute Gasteiger partial charge is 0.0402 e. The predicted molar refractivity (Wildman–Crippen MR) is 76.0 cm³/mol. The zero-order valence-electron chi connectivity index (χ0n) is 12.3. The summed E-state index contributed by atoms with van der Waals surface area (Å²) in [7, 11) is 0. The van der Waals surface area contributed by atoms with Gasteiger partial charge in [0, 0.05) is 6.61 Å². The van der Waals surface area contributed by atoms with Gasteiger partial charge in [0.15, 0.2) is 0 Å². The van der Waals surface area contributed by atoms with Gasteiger partial charge in [-0.15, -0.1) is 0 Å². The van der Waals surface area contributed by atoms with Crippen molar-refractivity contribution in [2.75, 3.05) is 6.61 Å². The predicted octanol–water partition coefficient (Wildman–Crippen LogP) is 4.35. The van der Waals surface area contributed by atoms with E-state index in [2.05, 4.69) is 27.7 Å². The van der Waals surface area contributed by atoms with Crippen molar-refractivity contribution >= 4 is 0 Å². The van der Waals surface area contributed by atoms with Gasteiger partial charge in [-0.05, 0) is 6.92 Å². The first-order valence-electron chi connectivity index (χ1n) is 6.85. The van der Waals surface area contributed by atoms with Crippen LogP contribution < -0.4 is 0 Å². The molecule has 0 unspecified atom stereocenters. The van der Waals surface area contributed by atoms with Crippen LogP contribution in [0.25, 0.3) is 0 Å². The Morgan fingerprint density at radius 1 is 0.562 bits per heavy atom. The van der Waals surface area contributed by atoms with Crippen LogP contribution in [0.4, 0.5) is 0 Å². The van der Waals surface area contributed by atoms with Crippen LogP contribution >= 0.6 is 0 Å². The standard InChI is InChI=1S/2C6H14.C2H6O.H2O/c2*1-3-5-6-4-2;1-2-3;/h2*3-6H2,1-2H3;3H,2H2,1H3;1H2. The maximum Gasteiger partial charge on any atom is 0.0402 e. The van der Waals surface area contributed by atoms with Gasteiger partial charge in [-0.3, -0.25) is 0 Å². The van der Waals surface area contributed by atoms with E-state index in [0.29, 0.717) is 0 Å². The molecule has 0 saturated heterocycles. The lowest BCUT2D eigenvalue weighted by atomic mass is 10.2. The Morgan fingerprint density at radius 2 is 0.688 bits per heavy atom. The topological polar surface area (TPSA) is 51.7 Å². The highest BCUT2D eigenvalue weighted by Crippen LogP contribution is 1.95. The number of unbranched alkanes of at least 4 members (excludes halogenated alkanes) is 6. The Labute approximate surface area is 104 Å². The summed E-state index contributed by atoms with van der Waals surface area (Å²) in [5.41, 5.74) is 0. The maximum absolute atomic E-state index is 7.57. The fourth-order valence-electron chi connectivity index (χ4n) is 1.000. The van der Waals surface area contributed by atoms with Crippen LogP contribution in [0.5, 0.6) is 0 Å². The second-order valence-electron chi connectivity index (χ2n) is 3.73. The largest absolute Gasteiger partial charge is 0.412 e. The lowest BCUT2D eigenvalue weighted by Crippen LogP contribution is -1.66. The van der Waals surface area contributed by atoms with E-state index in [1.165, 1.54) is 51.4 Å². The summed E-state index contributed by atoms with van der Waals surface area (Å²) in [6, 6.07) is 0. The molecule has 0 rings (SSSR count). The Bertz CT molecular complexity index is 49.8. The third-order valence-electron chi connectivity index (χ3n) is 1.91. The number of rotatable bonds is 6. The molecule has 0 aliphatic heterocycles. The summed E-state index contributed by atoms with van der Waals surface area (Å²) in [6.07, 6.45) is 11.1. The first kappa shape index (κ1) is 24.9. The lowest BCUT2D eigenvalue weighted by Gasteiger charge is -1.86. The minimum absolute atomic E-state index is 0. The van der Waals surface area contributed by atoms with Crippen LogP contribution in [-0.2, 0) is 0 Å². The van der Waals surface area contributed by atoms with Gasteiger partial charge in [0.05, 0.1) is 0 Å². The molecule has 2 nitrogen and oxygen atoms in total. The normalized spacial score (nSPS) is 7.88.